The molecule has 7 heteroatoms. The van der Waals surface area contributed by atoms with E-state index in [-0.39, 0.29) is 23.9 Å². The second kappa shape index (κ2) is 11.9. The Balaban J connectivity index is 1.59. The lowest BCUT2D eigenvalue weighted by Gasteiger charge is -2.32. The molecule has 2 aromatic rings. The highest BCUT2D eigenvalue weighted by Gasteiger charge is 2.29. The van der Waals surface area contributed by atoms with Gasteiger partial charge in [0.1, 0.15) is 5.75 Å². The molecule has 0 bridgehead atoms. The number of rotatable bonds is 8. The lowest BCUT2D eigenvalue weighted by Crippen LogP contribution is -2.53. The lowest BCUT2D eigenvalue weighted by molar-refractivity contribution is 0.0913. The molecule has 2 atom stereocenters. The summed E-state index contributed by atoms with van der Waals surface area (Å²) in [7, 11) is 0. The van der Waals surface area contributed by atoms with E-state index in [4.69, 9.17) is 4.74 Å². The minimum Gasteiger partial charge on any atom is -0.410 e. The van der Waals surface area contributed by atoms with E-state index < -0.39 is 6.09 Å². The molecule has 0 spiro atoms. The summed E-state index contributed by atoms with van der Waals surface area (Å²) in [5.74, 6) is 0.0210. The highest BCUT2D eigenvalue weighted by atomic mass is 16.6. The van der Waals surface area contributed by atoms with Gasteiger partial charge in [0.2, 0.25) is 0 Å². The van der Waals surface area contributed by atoms with Gasteiger partial charge in [-0.25, -0.2) is 4.79 Å². The molecule has 170 valence electrons. The molecular weight excluding hydrogens is 406 g/mol. The minimum atomic E-state index is -0.534. The summed E-state index contributed by atoms with van der Waals surface area (Å²) < 4.78 is 5.33. The van der Waals surface area contributed by atoms with E-state index in [1.54, 1.807) is 48.5 Å². The first-order valence-electron chi connectivity index (χ1n) is 11.3. The molecule has 3 amide bonds. The molecule has 3 rings (SSSR count). The Hall–Kier alpha value is -3.35. The molecule has 1 fully saturated rings. The molecule has 2 aromatic carbocycles. The van der Waals surface area contributed by atoms with E-state index in [0.29, 0.717) is 23.4 Å². The molecule has 1 saturated carbocycles. The largest absolute Gasteiger partial charge is 0.412 e. The summed E-state index contributed by atoms with van der Waals surface area (Å²) in [6.45, 7) is 2.67. The molecule has 7 nitrogen and oxygen atoms in total. The van der Waals surface area contributed by atoms with Gasteiger partial charge in [0.15, 0.2) is 0 Å². The highest BCUT2D eigenvalue weighted by Crippen LogP contribution is 2.20. The Bertz CT molecular complexity index is 916. The van der Waals surface area contributed by atoms with Gasteiger partial charge >= 0.3 is 6.09 Å². The SMILES string of the molecule is CCCCNC(=O)c1cccc(C(=O)N[C@@H]2CCCC[C@H]2NC(=O)Oc2ccccc2)c1. The van der Waals surface area contributed by atoms with Crippen LogP contribution in [0.15, 0.2) is 54.6 Å². The Morgan fingerprint density at radius 2 is 1.53 bits per heavy atom. The number of hydrogen-bond acceptors (Lipinski definition) is 4. The average Bonchev–Trinajstić information content (AvgIpc) is 2.81. The standard InChI is InChI=1S/C25H31N3O4/c1-2-3-16-26-23(29)18-10-9-11-19(17-18)24(30)27-21-14-7-8-15-22(21)28-25(31)32-20-12-5-4-6-13-20/h4-6,9-13,17,21-22H,2-3,7-8,14-16H2,1H3,(H,26,29)(H,27,30)(H,28,31)/t21-,22-/m1/s1. The monoisotopic (exact) mass is 437 g/mol. The fourth-order valence-corrected chi connectivity index (χ4v) is 3.79. The van der Waals surface area contributed by atoms with Gasteiger partial charge in [-0.2, -0.15) is 0 Å². The first kappa shape index (κ1) is 23.3. The molecule has 32 heavy (non-hydrogen) atoms. The summed E-state index contributed by atoms with van der Waals surface area (Å²) in [6.07, 6.45) is 4.83. The zero-order chi connectivity index (χ0) is 22.8. The fraction of sp³-hybridized carbons (Fsp3) is 0.400. The van der Waals surface area contributed by atoms with Gasteiger partial charge in [0.25, 0.3) is 11.8 Å². The Morgan fingerprint density at radius 3 is 2.22 bits per heavy atom. The number of carbonyl (C=O) groups is 3. The van der Waals surface area contributed by atoms with Crippen LogP contribution in [0.5, 0.6) is 5.75 Å². The normalized spacial score (nSPS) is 17.8. The third-order valence-corrected chi connectivity index (χ3v) is 5.54. The zero-order valence-electron chi connectivity index (χ0n) is 18.4. The van der Waals surface area contributed by atoms with Gasteiger partial charge in [-0.1, -0.05) is 50.5 Å². The topological polar surface area (TPSA) is 96.5 Å². The summed E-state index contributed by atoms with van der Waals surface area (Å²) in [5.41, 5.74) is 0.878. The smallest absolute Gasteiger partial charge is 0.410 e. The van der Waals surface area contributed by atoms with E-state index in [2.05, 4.69) is 22.9 Å². The van der Waals surface area contributed by atoms with E-state index in [9.17, 15) is 14.4 Å². The van der Waals surface area contributed by atoms with Crippen LogP contribution in [0.1, 0.15) is 66.2 Å². The van der Waals surface area contributed by atoms with Gasteiger partial charge in [0, 0.05) is 23.7 Å². The third-order valence-electron chi connectivity index (χ3n) is 5.54. The molecular formula is C25H31N3O4. The van der Waals surface area contributed by atoms with Crippen LogP contribution in [-0.2, 0) is 0 Å². The van der Waals surface area contributed by atoms with Crippen LogP contribution in [0.25, 0.3) is 0 Å². The van der Waals surface area contributed by atoms with Gasteiger partial charge in [-0.3, -0.25) is 9.59 Å². The number of unbranched alkanes of at least 4 members (excludes halogenated alkanes) is 1. The van der Waals surface area contributed by atoms with E-state index >= 15 is 0 Å². The molecule has 0 radical (unpaired) electrons. The van der Waals surface area contributed by atoms with Crippen LogP contribution in [0.4, 0.5) is 4.79 Å². The summed E-state index contributed by atoms with van der Waals surface area (Å²) in [5, 5.41) is 8.79. The summed E-state index contributed by atoms with van der Waals surface area (Å²) in [6, 6.07) is 15.1. The molecule has 0 aromatic heterocycles. The fourth-order valence-electron chi connectivity index (χ4n) is 3.79. The van der Waals surface area contributed by atoms with Crippen LogP contribution in [0, 0.1) is 0 Å². The highest BCUT2D eigenvalue weighted by molar-refractivity contribution is 5.99. The number of amides is 3. The number of benzene rings is 2. The Labute approximate surface area is 188 Å². The molecule has 1 aliphatic carbocycles. The van der Waals surface area contributed by atoms with E-state index in [0.717, 1.165) is 38.5 Å². The van der Waals surface area contributed by atoms with Crippen LogP contribution < -0.4 is 20.7 Å². The minimum absolute atomic E-state index is 0.186. The van der Waals surface area contributed by atoms with Crippen LogP contribution in [-0.4, -0.2) is 36.5 Å². The lowest BCUT2D eigenvalue weighted by atomic mass is 9.90. The number of ether oxygens (including phenoxy) is 1. The van der Waals surface area contributed by atoms with Crippen LogP contribution in [0.3, 0.4) is 0 Å². The zero-order valence-corrected chi connectivity index (χ0v) is 18.4. The van der Waals surface area contributed by atoms with Crippen molar-refractivity contribution in [2.45, 2.75) is 57.5 Å². The van der Waals surface area contributed by atoms with Gasteiger partial charge < -0.3 is 20.7 Å². The predicted molar refractivity (Wildman–Crippen MR) is 123 cm³/mol. The second-order valence-corrected chi connectivity index (χ2v) is 8.01. The van der Waals surface area contributed by atoms with Crippen molar-refractivity contribution >= 4 is 17.9 Å². The molecule has 0 unspecified atom stereocenters. The van der Waals surface area contributed by atoms with Crippen molar-refractivity contribution in [2.24, 2.45) is 0 Å². The summed E-state index contributed by atoms with van der Waals surface area (Å²) in [4.78, 5) is 37.5. The van der Waals surface area contributed by atoms with Crippen molar-refractivity contribution in [2.75, 3.05) is 6.54 Å². The van der Waals surface area contributed by atoms with Gasteiger partial charge in [-0.15, -0.1) is 0 Å². The van der Waals surface area contributed by atoms with Crippen LogP contribution >= 0.6 is 0 Å². The molecule has 3 N–H and O–H groups in total. The maximum atomic E-state index is 12.9. The maximum Gasteiger partial charge on any atom is 0.412 e. The quantitative estimate of drug-likeness (QED) is 0.543. The number of carbonyl (C=O) groups excluding carboxylic acids is 3. The first-order chi connectivity index (χ1) is 15.6. The average molecular weight is 438 g/mol. The van der Waals surface area contributed by atoms with Crippen molar-refractivity contribution in [3.63, 3.8) is 0 Å². The van der Waals surface area contributed by atoms with Gasteiger partial charge in [-0.05, 0) is 49.6 Å². The maximum absolute atomic E-state index is 12.9. The molecule has 0 saturated heterocycles. The molecule has 0 aliphatic heterocycles. The van der Waals surface area contributed by atoms with Crippen molar-refractivity contribution in [1.29, 1.82) is 0 Å². The second-order valence-electron chi connectivity index (χ2n) is 8.01. The van der Waals surface area contributed by atoms with Crippen molar-refractivity contribution in [1.82, 2.24) is 16.0 Å². The van der Waals surface area contributed by atoms with E-state index in [1.165, 1.54) is 0 Å². The number of hydrogen-bond donors (Lipinski definition) is 3. The Kier molecular flexibility index (Phi) is 8.66. The van der Waals surface area contributed by atoms with E-state index in [1.807, 2.05) is 6.07 Å². The van der Waals surface area contributed by atoms with Gasteiger partial charge in [0.05, 0.1) is 6.04 Å². The van der Waals surface area contributed by atoms with Crippen LogP contribution in [0.2, 0.25) is 0 Å². The number of nitrogens with one attached hydrogen (secondary N) is 3. The molecule has 1 aliphatic rings. The van der Waals surface area contributed by atoms with Crippen molar-refractivity contribution in [3.05, 3.63) is 65.7 Å². The molecule has 0 heterocycles. The first-order valence-corrected chi connectivity index (χ1v) is 11.3. The Morgan fingerprint density at radius 1 is 0.875 bits per heavy atom. The van der Waals surface area contributed by atoms with Crippen molar-refractivity contribution < 1.29 is 19.1 Å². The summed E-state index contributed by atoms with van der Waals surface area (Å²) >= 11 is 0. The number of para-hydroxylation sites is 1. The predicted octanol–water partition coefficient (Wildman–Crippen LogP) is 4.05. The third kappa shape index (κ3) is 6.83. The van der Waals surface area contributed by atoms with Crippen molar-refractivity contribution in [3.8, 4) is 5.75 Å².